The van der Waals surface area contributed by atoms with Gasteiger partial charge in [0.25, 0.3) is 0 Å². The minimum atomic E-state index is -0.404. The predicted octanol–water partition coefficient (Wildman–Crippen LogP) is 2.04. The van der Waals surface area contributed by atoms with Crippen LogP contribution in [0.15, 0.2) is 22.7 Å². The van der Waals surface area contributed by atoms with E-state index in [2.05, 4.69) is 15.5 Å². The number of phenols is 1. The zero-order valence-electron chi connectivity index (χ0n) is 12.9. The molecular formula is C15H18ClN3O4. The van der Waals surface area contributed by atoms with Crippen molar-refractivity contribution in [3.8, 4) is 5.75 Å². The first kappa shape index (κ1) is 17.2. The van der Waals surface area contributed by atoms with Gasteiger partial charge in [0, 0.05) is 13.5 Å². The molecule has 0 aliphatic rings. The number of nitrogens with zero attached hydrogens (tertiary/aromatic N) is 2. The van der Waals surface area contributed by atoms with Crippen molar-refractivity contribution in [2.45, 2.75) is 25.8 Å². The van der Waals surface area contributed by atoms with E-state index in [4.69, 9.17) is 20.9 Å². The van der Waals surface area contributed by atoms with Crippen LogP contribution in [0.2, 0.25) is 5.02 Å². The number of ether oxygens (including phenoxy) is 1. The zero-order valence-corrected chi connectivity index (χ0v) is 13.6. The molecule has 2 rings (SSSR count). The highest BCUT2D eigenvalue weighted by Gasteiger charge is 2.17. The van der Waals surface area contributed by atoms with E-state index >= 15 is 0 Å². The molecule has 1 aromatic heterocycles. The van der Waals surface area contributed by atoms with Crippen LogP contribution in [0.25, 0.3) is 0 Å². The number of benzene rings is 1. The Morgan fingerprint density at radius 1 is 1.52 bits per heavy atom. The molecule has 0 fully saturated rings. The van der Waals surface area contributed by atoms with Crippen LogP contribution in [0.1, 0.15) is 30.2 Å². The maximum atomic E-state index is 12.0. The van der Waals surface area contributed by atoms with Crippen LogP contribution in [0, 0.1) is 0 Å². The van der Waals surface area contributed by atoms with E-state index in [1.165, 1.54) is 6.07 Å². The molecule has 0 unspecified atom stereocenters. The van der Waals surface area contributed by atoms with Crippen LogP contribution in [-0.4, -0.2) is 34.9 Å². The van der Waals surface area contributed by atoms with Gasteiger partial charge < -0.3 is 19.7 Å². The Labute approximate surface area is 138 Å². The lowest BCUT2D eigenvalue weighted by atomic mass is 10.1. The summed E-state index contributed by atoms with van der Waals surface area (Å²) in [7, 11) is 1.60. The predicted molar refractivity (Wildman–Crippen MR) is 83.3 cm³/mol. The van der Waals surface area contributed by atoms with Gasteiger partial charge in [0.2, 0.25) is 11.8 Å². The van der Waals surface area contributed by atoms with Crippen LogP contribution >= 0.6 is 11.6 Å². The topological polar surface area (TPSA) is 97.5 Å². The standard InChI is InChI=1S/C15H18ClN3O4/c1-9(15-18-13(19-23-15)5-6-22-2)17-14(21)8-10-3-4-12(20)11(16)7-10/h3-4,7,9,20H,5-6,8H2,1-2H3,(H,17,21)/t9-/m1/s1. The lowest BCUT2D eigenvalue weighted by Crippen LogP contribution is -2.28. The molecule has 0 saturated carbocycles. The molecule has 2 aromatic rings. The Kier molecular flexibility index (Phi) is 5.95. The van der Waals surface area contributed by atoms with Crippen LogP contribution in [0.5, 0.6) is 5.75 Å². The smallest absolute Gasteiger partial charge is 0.248 e. The lowest BCUT2D eigenvalue weighted by molar-refractivity contribution is -0.121. The average Bonchev–Trinajstić information content (AvgIpc) is 2.98. The third-order valence-electron chi connectivity index (χ3n) is 3.14. The number of nitrogens with one attached hydrogen (secondary N) is 1. The molecular weight excluding hydrogens is 322 g/mol. The minimum Gasteiger partial charge on any atom is -0.506 e. The largest absolute Gasteiger partial charge is 0.506 e. The number of carbonyl (C=O) groups is 1. The Morgan fingerprint density at radius 2 is 2.30 bits per heavy atom. The van der Waals surface area contributed by atoms with Crippen LogP contribution in [0.4, 0.5) is 0 Å². The monoisotopic (exact) mass is 339 g/mol. The fourth-order valence-corrected chi connectivity index (χ4v) is 2.14. The number of aromatic hydroxyl groups is 1. The van der Waals surface area contributed by atoms with Crippen molar-refractivity contribution in [3.63, 3.8) is 0 Å². The lowest BCUT2D eigenvalue weighted by Gasteiger charge is -2.10. The molecule has 1 atom stereocenters. The second-order valence-electron chi connectivity index (χ2n) is 5.04. The van der Waals surface area contributed by atoms with Gasteiger partial charge in [-0.3, -0.25) is 4.79 Å². The van der Waals surface area contributed by atoms with E-state index in [1.807, 2.05) is 0 Å². The molecule has 1 aromatic carbocycles. The molecule has 0 saturated heterocycles. The van der Waals surface area contributed by atoms with Gasteiger partial charge >= 0.3 is 0 Å². The van der Waals surface area contributed by atoms with Gasteiger partial charge in [0.15, 0.2) is 5.82 Å². The highest BCUT2D eigenvalue weighted by molar-refractivity contribution is 6.32. The molecule has 0 spiro atoms. The summed E-state index contributed by atoms with van der Waals surface area (Å²) < 4.78 is 10.1. The molecule has 1 amide bonds. The minimum absolute atomic E-state index is 0.0151. The van der Waals surface area contributed by atoms with Crippen molar-refractivity contribution in [1.82, 2.24) is 15.5 Å². The van der Waals surface area contributed by atoms with E-state index in [0.717, 1.165) is 0 Å². The van der Waals surface area contributed by atoms with Gasteiger partial charge in [-0.05, 0) is 24.6 Å². The Hall–Kier alpha value is -2.12. The first-order chi connectivity index (χ1) is 11.0. The molecule has 7 nitrogen and oxygen atoms in total. The van der Waals surface area contributed by atoms with E-state index in [0.29, 0.717) is 30.3 Å². The molecule has 0 aliphatic heterocycles. The number of hydrogen-bond acceptors (Lipinski definition) is 6. The SMILES string of the molecule is COCCc1noc([C@@H](C)NC(=O)Cc2ccc(O)c(Cl)c2)n1. The molecule has 0 bridgehead atoms. The van der Waals surface area contributed by atoms with Crippen molar-refractivity contribution < 1.29 is 19.2 Å². The van der Waals surface area contributed by atoms with E-state index < -0.39 is 6.04 Å². The van der Waals surface area contributed by atoms with Crippen molar-refractivity contribution in [2.24, 2.45) is 0 Å². The summed E-state index contributed by atoms with van der Waals surface area (Å²) in [5.74, 6) is 0.649. The molecule has 8 heteroatoms. The molecule has 23 heavy (non-hydrogen) atoms. The number of rotatable bonds is 7. The van der Waals surface area contributed by atoms with Crippen LogP contribution in [-0.2, 0) is 22.4 Å². The third-order valence-corrected chi connectivity index (χ3v) is 3.44. The first-order valence-electron chi connectivity index (χ1n) is 7.07. The van der Waals surface area contributed by atoms with Crippen molar-refractivity contribution >= 4 is 17.5 Å². The quantitative estimate of drug-likeness (QED) is 0.801. The Balaban J connectivity index is 1.91. The molecule has 124 valence electrons. The Morgan fingerprint density at radius 3 is 3.00 bits per heavy atom. The fraction of sp³-hybridized carbons (Fsp3) is 0.400. The maximum absolute atomic E-state index is 12.0. The van der Waals surface area contributed by atoms with Gasteiger partial charge in [-0.2, -0.15) is 4.98 Å². The number of phenolic OH excluding ortho intramolecular Hbond substituents is 1. The second kappa shape index (κ2) is 7.94. The average molecular weight is 340 g/mol. The first-order valence-corrected chi connectivity index (χ1v) is 7.45. The summed E-state index contributed by atoms with van der Waals surface area (Å²) in [6.45, 7) is 2.26. The number of halogens is 1. The summed E-state index contributed by atoms with van der Waals surface area (Å²) in [5.41, 5.74) is 0.698. The zero-order chi connectivity index (χ0) is 16.8. The van der Waals surface area contributed by atoms with Gasteiger partial charge in [-0.1, -0.05) is 22.8 Å². The molecule has 2 N–H and O–H groups in total. The van der Waals surface area contributed by atoms with E-state index in [1.54, 1.807) is 26.2 Å². The maximum Gasteiger partial charge on any atom is 0.248 e. The van der Waals surface area contributed by atoms with Crippen LogP contribution in [0.3, 0.4) is 0 Å². The summed E-state index contributed by atoms with van der Waals surface area (Å²) in [6.07, 6.45) is 0.682. The number of amides is 1. The van der Waals surface area contributed by atoms with Gasteiger partial charge in [-0.15, -0.1) is 0 Å². The molecule has 1 heterocycles. The number of carbonyl (C=O) groups excluding carboxylic acids is 1. The van der Waals surface area contributed by atoms with Crippen molar-refractivity contribution in [3.05, 3.63) is 40.5 Å². The van der Waals surface area contributed by atoms with E-state index in [-0.39, 0.29) is 23.1 Å². The number of hydrogen-bond donors (Lipinski definition) is 2. The Bertz CT molecular complexity index is 674. The van der Waals surface area contributed by atoms with Gasteiger partial charge in [0.1, 0.15) is 11.8 Å². The summed E-state index contributed by atoms with van der Waals surface area (Å²) in [6, 6.07) is 4.24. The number of methoxy groups -OCH3 is 1. The number of aromatic nitrogens is 2. The van der Waals surface area contributed by atoms with Crippen LogP contribution < -0.4 is 5.32 Å². The summed E-state index contributed by atoms with van der Waals surface area (Å²) in [4.78, 5) is 16.3. The third kappa shape index (κ3) is 4.94. The highest BCUT2D eigenvalue weighted by atomic mass is 35.5. The van der Waals surface area contributed by atoms with Crippen molar-refractivity contribution in [1.29, 1.82) is 0 Å². The van der Waals surface area contributed by atoms with Gasteiger partial charge in [0.05, 0.1) is 18.1 Å². The summed E-state index contributed by atoms with van der Waals surface area (Å²) in [5, 5.41) is 16.2. The highest BCUT2D eigenvalue weighted by Crippen LogP contribution is 2.23. The normalized spacial score (nSPS) is 12.1. The van der Waals surface area contributed by atoms with E-state index in [9.17, 15) is 9.90 Å². The molecule has 0 radical (unpaired) electrons. The molecule has 0 aliphatic carbocycles. The summed E-state index contributed by atoms with van der Waals surface area (Å²) >= 11 is 5.82. The fourth-order valence-electron chi connectivity index (χ4n) is 1.94. The van der Waals surface area contributed by atoms with Gasteiger partial charge in [-0.25, -0.2) is 0 Å². The van der Waals surface area contributed by atoms with Crippen molar-refractivity contribution in [2.75, 3.05) is 13.7 Å². The second-order valence-corrected chi connectivity index (χ2v) is 5.45.